The summed E-state index contributed by atoms with van der Waals surface area (Å²) in [6.45, 7) is -0.861. The predicted octanol–water partition coefficient (Wildman–Crippen LogP) is 3.13. The van der Waals surface area contributed by atoms with Gasteiger partial charge in [0.05, 0.1) is 6.54 Å². The van der Waals surface area contributed by atoms with Gasteiger partial charge in [0.2, 0.25) is 5.56 Å². The second-order valence-electron chi connectivity index (χ2n) is 4.26. The van der Waals surface area contributed by atoms with E-state index in [0.29, 0.717) is 11.3 Å². The third-order valence-electron chi connectivity index (χ3n) is 2.81. The molecule has 117 valence electrons. The van der Waals surface area contributed by atoms with Gasteiger partial charge < -0.3 is 9.30 Å². The third kappa shape index (κ3) is 5.10. The van der Waals surface area contributed by atoms with Crippen molar-refractivity contribution in [1.82, 2.24) is 4.57 Å². The number of nitriles is 1. The smallest absolute Gasteiger partial charge is 0.256 e. The maximum atomic E-state index is 12.7. The fourth-order valence-electron chi connectivity index (χ4n) is 1.88. The first-order valence-corrected chi connectivity index (χ1v) is 6.60. The number of aromatic nitrogens is 1. The summed E-state index contributed by atoms with van der Waals surface area (Å²) in [5.41, 5.74) is 0.0285. The predicted molar refractivity (Wildman–Crippen MR) is 77.1 cm³/mol. The summed E-state index contributed by atoms with van der Waals surface area (Å²) in [7, 11) is 0. The standard InChI is InChI=1S/C15H10ClF2N2O2.Y/c16-12-5-6-13(20(15(12)21)9-14(17)18)10-1-3-11(4-2-10)22-8-7-19;/h1-5,14H,8-9H2;/q-1;. The van der Waals surface area contributed by atoms with Crippen LogP contribution in [-0.2, 0) is 39.3 Å². The van der Waals surface area contributed by atoms with Gasteiger partial charge in [0.15, 0.2) is 6.61 Å². The monoisotopic (exact) mass is 412 g/mol. The molecule has 2 aromatic rings. The molecule has 4 nitrogen and oxygen atoms in total. The molecule has 23 heavy (non-hydrogen) atoms. The van der Waals surface area contributed by atoms with Gasteiger partial charge in [-0.15, -0.1) is 12.1 Å². The molecule has 1 radical (unpaired) electrons. The van der Waals surface area contributed by atoms with E-state index in [0.717, 1.165) is 4.57 Å². The van der Waals surface area contributed by atoms with Crippen molar-refractivity contribution in [3.8, 4) is 23.1 Å². The first kappa shape index (κ1) is 19.8. The molecule has 1 heterocycles. The summed E-state index contributed by atoms with van der Waals surface area (Å²) < 4.78 is 31.3. The Hall–Kier alpha value is -1.29. The van der Waals surface area contributed by atoms with Crippen molar-refractivity contribution in [3.05, 3.63) is 51.8 Å². The average Bonchev–Trinajstić information content (AvgIpc) is 2.50. The van der Waals surface area contributed by atoms with Gasteiger partial charge in [0.25, 0.3) is 6.43 Å². The summed E-state index contributed by atoms with van der Waals surface area (Å²) >= 11 is 5.68. The van der Waals surface area contributed by atoms with Crippen molar-refractivity contribution < 1.29 is 46.2 Å². The normalized spacial score (nSPS) is 10.0. The Balaban J connectivity index is 0.00000264. The molecule has 2 rings (SSSR count). The first-order chi connectivity index (χ1) is 10.5. The fraction of sp³-hybridized carbons (Fsp3) is 0.200. The van der Waals surface area contributed by atoms with Gasteiger partial charge in [-0.1, -0.05) is 11.3 Å². The molecular formula is C15H10ClF2N2O2Y-. The molecule has 0 fully saturated rings. The summed E-state index contributed by atoms with van der Waals surface area (Å²) in [5, 5.41) is 8.27. The number of halogens is 3. The molecule has 0 saturated heterocycles. The quantitative estimate of drug-likeness (QED) is 0.709. The Morgan fingerprint density at radius 3 is 2.57 bits per heavy atom. The van der Waals surface area contributed by atoms with E-state index in [9.17, 15) is 13.6 Å². The van der Waals surface area contributed by atoms with Gasteiger partial charge in [-0.05, 0) is 12.1 Å². The van der Waals surface area contributed by atoms with Gasteiger partial charge in [-0.25, -0.2) is 8.78 Å². The number of benzene rings is 1. The fourth-order valence-corrected chi connectivity index (χ4v) is 2.03. The van der Waals surface area contributed by atoms with Crippen LogP contribution in [0.2, 0.25) is 5.02 Å². The molecule has 0 amide bonds. The molecule has 8 heteroatoms. The van der Waals surface area contributed by atoms with Crippen LogP contribution >= 0.6 is 11.6 Å². The van der Waals surface area contributed by atoms with E-state index in [1.807, 2.05) is 6.07 Å². The van der Waals surface area contributed by atoms with E-state index in [2.05, 4.69) is 6.07 Å². The van der Waals surface area contributed by atoms with Crippen LogP contribution in [0.15, 0.2) is 35.1 Å². The molecule has 1 aromatic heterocycles. The molecule has 0 unspecified atom stereocenters. The van der Waals surface area contributed by atoms with Crippen molar-refractivity contribution in [3.63, 3.8) is 0 Å². The number of hydrogen-bond donors (Lipinski definition) is 0. The molecule has 0 aliphatic rings. The topological polar surface area (TPSA) is 55.0 Å². The number of alkyl halides is 2. The molecule has 0 bridgehead atoms. The molecule has 1 aromatic carbocycles. The van der Waals surface area contributed by atoms with E-state index >= 15 is 0 Å². The molecule has 0 aliphatic heterocycles. The number of rotatable bonds is 5. The molecule has 0 atom stereocenters. The van der Waals surface area contributed by atoms with E-state index in [-0.39, 0.29) is 50.0 Å². The third-order valence-corrected chi connectivity index (χ3v) is 3.08. The zero-order chi connectivity index (χ0) is 16.1. The zero-order valence-corrected chi connectivity index (χ0v) is 15.4. The van der Waals surface area contributed by atoms with Gasteiger partial charge in [0, 0.05) is 37.7 Å². The second kappa shape index (κ2) is 9.12. The Bertz CT molecular complexity index is 758. The Morgan fingerprint density at radius 2 is 2.00 bits per heavy atom. The van der Waals surface area contributed by atoms with Gasteiger partial charge in [0.1, 0.15) is 11.8 Å². The van der Waals surface area contributed by atoms with Crippen LogP contribution in [-0.4, -0.2) is 17.6 Å². The second-order valence-corrected chi connectivity index (χ2v) is 4.67. The molecule has 0 saturated carbocycles. The number of nitrogens with zero attached hydrogens (tertiary/aromatic N) is 2. The minimum absolute atomic E-state index is 0. The largest absolute Gasteiger partial charge is 0.479 e. The van der Waals surface area contributed by atoms with Crippen molar-refractivity contribution in [1.29, 1.82) is 5.26 Å². The van der Waals surface area contributed by atoms with Crippen LogP contribution in [0.4, 0.5) is 8.78 Å². The van der Waals surface area contributed by atoms with E-state index in [1.54, 1.807) is 24.3 Å². The molecule has 0 spiro atoms. The van der Waals surface area contributed by atoms with E-state index in [1.165, 1.54) is 6.07 Å². The minimum atomic E-state index is -2.69. The molecule has 0 aliphatic carbocycles. The molecular weight excluding hydrogens is 403 g/mol. The first-order valence-electron chi connectivity index (χ1n) is 6.22. The average molecular weight is 413 g/mol. The Labute approximate surface area is 161 Å². The maximum absolute atomic E-state index is 12.7. The van der Waals surface area contributed by atoms with Crippen molar-refractivity contribution in [2.45, 2.75) is 13.0 Å². The van der Waals surface area contributed by atoms with Gasteiger partial charge in [-0.2, -0.15) is 29.0 Å². The van der Waals surface area contributed by atoms with Crippen molar-refractivity contribution >= 4 is 11.6 Å². The van der Waals surface area contributed by atoms with Gasteiger partial charge in [-0.3, -0.25) is 4.79 Å². The van der Waals surface area contributed by atoms with Crippen LogP contribution in [0.3, 0.4) is 0 Å². The van der Waals surface area contributed by atoms with Crippen LogP contribution in [0.5, 0.6) is 5.75 Å². The van der Waals surface area contributed by atoms with Crippen LogP contribution in [0.1, 0.15) is 0 Å². The maximum Gasteiger partial charge on any atom is 0.256 e. The van der Waals surface area contributed by atoms with Crippen molar-refractivity contribution in [2.75, 3.05) is 6.61 Å². The number of hydrogen-bond acceptors (Lipinski definition) is 3. The number of ether oxygens (including phenoxy) is 1. The molecule has 0 N–H and O–H groups in total. The SMILES string of the molecule is N#CCOc1ccc(-c2[c-]cc(Cl)c(=O)n2CC(F)F)cc1.[Y]. The van der Waals surface area contributed by atoms with Crippen molar-refractivity contribution in [2.24, 2.45) is 0 Å². The van der Waals surface area contributed by atoms with Crippen LogP contribution < -0.4 is 10.3 Å². The Kier molecular flexibility index (Phi) is 7.83. The van der Waals surface area contributed by atoms with E-state index in [4.69, 9.17) is 21.6 Å². The zero-order valence-electron chi connectivity index (χ0n) is 11.8. The Morgan fingerprint density at radius 1 is 1.35 bits per heavy atom. The number of pyridine rings is 1. The van der Waals surface area contributed by atoms with E-state index < -0.39 is 18.5 Å². The summed E-state index contributed by atoms with van der Waals surface area (Å²) in [6, 6.07) is 12.2. The summed E-state index contributed by atoms with van der Waals surface area (Å²) in [4.78, 5) is 11.9. The van der Waals surface area contributed by atoms with Crippen LogP contribution in [0.25, 0.3) is 11.3 Å². The summed E-state index contributed by atoms with van der Waals surface area (Å²) in [6.07, 6.45) is -2.69. The van der Waals surface area contributed by atoms with Gasteiger partial charge >= 0.3 is 0 Å². The van der Waals surface area contributed by atoms with Crippen LogP contribution in [0, 0.1) is 17.4 Å². The summed E-state index contributed by atoms with van der Waals surface area (Å²) in [5.74, 6) is 0.460. The minimum Gasteiger partial charge on any atom is -0.479 e.